The van der Waals surface area contributed by atoms with Crippen LogP contribution in [0.15, 0.2) is 36.5 Å². The number of benzene rings is 1. The van der Waals surface area contributed by atoms with Gasteiger partial charge in [-0.05, 0) is 29.8 Å². The Morgan fingerprint density at radius 3 is 3.09 bits per heavy atom. The van der Waals surface area contributed by atoms with Crippen LogP contribution in [0.4, 0.5) is 5.69 Å². The van der Waals surface area contributed by atoms with E-state index >= 15 is 0 Å². The summed E-state index contributed by atoms with van der Waals surface area (Å²) in [5.41, 5.74) is 2.28. The molecular formula is C17H16ClN3O2. The highest BCUT2D eigenvalue weighted by atomic mass is 35.5. The van der Waals surface area contributed by atoms with Gasteiger partial charge in [0, 0.05) is 30.3 Å². The number of nitrogens with one attached hydrogen (secondary N) is 1. The number of ether oxygens (including phenoxy) is 2. The Labute approximate surface area is 139 Å². The normalized spacial score (nSPS) is 16.8. The van der Waals surface area contributed by atoms with Crippen molar-refractivity contribution in [1.29, 1.82) is 5.26 Å². The van der Waals surface area contributed by atoms with Crippen LogP contribution in [0.5, 0.6) is 5.88 Å². The predicted molar refractivity (Wildman–Crippen MR) is 87.6 cm³/mol. The standard InChI is InChI=1S/C17H16ClN3O2/c18-14-2-1-13(9-19)16(8-14)21-10-12-3-5-20-17(7-12)23-15-4-6-22-11-15/h1-3,5,7-8,15,21H,4,6,10-11H2. The van der Waals surface area contributed by atoms with Crippen LogP contribution >= 0.6 is 11.6 Å². The lowest BCUT2D eigenvalue weighted by molar-refractivity contribution is 0.138. The molecule has 23 heavy (non-hydrogen) atoms. The molecule has 1 saturated heterocycles. The fraction of sp³-hybridized carbons (Fsp3) is 0.294. The molecule has 1 fully saturated rings. The minimum Gasteiger partial charge on any atom is -0.472 e. The molecule has 0 saturated carbocycles. The molecule has 0 amide bonds. The van der Waals surface area contributed by atoms with Crippen LogP contribution < -0.4 is 10.1 Å². The van der Waals surface area contributed by atoms with E-state index in [4.69, 9.17) is 26.3 Å². The minimum absolute atomic E-state index is 0.0730. The van der Waals surface area contributed by atoms with Crippen molar-refractivity contribution >= 4 is 17.3 Å². The van der Waals surface area contributed by atoms with Crippen LogP contribution in [0, 0.1) is 11.3 Å². The van der Waals surface area contributed by atoms with Crippen molar-refractivity contribution in [2.24, 2.45) is 0 Å². The molecule has 2 aromatic rings. The first-order valence-corrected chi connectivity index (χ1v) is 7.75. The zero-order chi connectivity index (χ0) is 16.1. The van der Waals surface area contributed by atoms with Gasteiger partial charge in [0.15, 0.2) is 0 Å². The topological polar surface area (TPSA) is 67.2 Å². The van der Waals surface area contributed by atoms with Crippen LogP contribution in [0.3, 0.4) is 0 Å². The third-order valence-corrected chi connectivity index (χ3v) is 3.79. The van der Waals surface area contributed by atoms with Gasteiger partial charge in [-0.1, -0.05) is 11.6 Å². The van der Waals surface area contributed by atoms with Crippen LogP contribution in [0.1, 0.15) is 17.5 Å². The van der Waals surface area contributed by atoms with E-state index in [-0.39, 0.29) is 6.10 Å². The Kier molecular flexibility index (Phi) is 4.96. The lowest BCUT2D eigenvalue weighted by atomic mass is 10.2. The molecule has 1 unspecified atom stereocenters. The molecule has 1 aromatic carbocycles. The molecule has 0 bridgehead atoms. The third-order valence-electron chi connectivity index (χ3n) is 3.56. The predicted octanol–water partition coefficient (Wildman–Crippen LogP) is 3.39. The summed E-state index contributed by atoms with van der Waals surface area (Å²) in [4.78, 5) is 4.23. The van der Waals surface area contributed by atoms with Gasteiger partial charge in [-0.25, -0.2) is 4.98 Å². The Hall–Kier alpha value is -2.29. The number of pyridine rings is 1. The Morgan fingerprint density at radius 1 is 1.39 bits per heavy atom. The van der Waals surface area contributed by atoms with Crippen molar-refractivity contribution in [3.63, 3.8) is 0 Å². The molecule has 3 rings (SSSR count). The number of halogens is 1. The molecule has 1 N–H and O–H groups in total. The van der Waals surface area contributed by atoms with Gasteiger partial charge >= 0.3 is 0 Å². The van der Waals surface area contributed by atoms with E-state index in [2.05, 4.69) is 16.4 Å². The lowest BCUT2D eigenvalue weighted by Gasteiger charge is -2.12. The number of hydrogen-bond acceptors (Lipinski definition) is 5. The highest BCUT2D eigenvalue weighted by Gasteiger charge is 2.17. The van der Waals surface area contributed by atoms with E-state index in [1.54, 1.807) is 24.4 Å². The number of rotatable bonds is 5. The van der Waals surface area contributed by atoms with E-state index in [9.17, 15) is 0 Å². The van der Waals surface area contributed by atoms with Gasteiger partial charge in [-0.15, -0.1) is 0 Å². The fourth-order valence-corrected chi connectivity index (χ4v) is 2.53. The van der Waals surface area contributed by atoms with Gasteiger partial charge in [0.05, 0.1) is 24.5 Å². The number of anilines is 1. The van der Waals surface area contributed by atoms with Crippen molar-refractivity contribution < 1.29 is 9.47 Å². The second-order valence-electron chi connectivity index (χ2n) is 5.26. The summed E-state index contributed by atoms with van der Waals surface area (Å²) >= 11 is 5.98. The SMILES string of the molecule is N#Cc1ccc(Cl)cc1NCc1ccnc(OC2CCOC2)c1. The van der Waals surface area contributed by atoms with Crippen molar-refractivity contribution in [3.05, 3.63) is 52.7 Å². The molecule has 1 atom stereocenters. The third kappa shape index (κ3) is 4.13. The molecule has 6 heteroatoms. The molecule has 2 heterocycles. The lowest BCUT2D eigenvalue weighted by Crippen LogP contribution is -2.16. The summed E-state index contributed by atoms with van der Waals surface area (Å²) in [7, 11) is 0. The van der Waals surface area contributed by atoms with Crippen molar-refractivity contribution in [3.8, 4) is 11.9 Å². The van der Waals surface area contributed by atoms with Gasteiger partial charge < -0.3 is 14.8 Å². The fourth-order valence-electron chi connectivity index (χ4n) is 2.36. The molecule has 1 aliphatic rings. The quantitative estimate of drug-likeness (QED) is 0.910. The molecule has 0 aliphatic carbocycles. The second-order valence-corrected chi connectivity index (χ2v) is 5.70. The monoisotopic (exact) mass is 329 g/mol. The number of nitrogens with zero attached hydrogens (tertiary/aromatic N) is 2. The summed E-state index contributed by atoms with van der Waals surface area (Å²) in [6.45, 7) is 1.89. The van der Waals surface area contributed by atoms with Crippen LogP contribution in [0.2, 0.25) is 5.02 Å². The Morgan fingerprint density at radius 2 is 2.30 bits per heavy atom. The first-order chi connectivity index (χ1) is 11.2. The van der Waals surface area contributed by atoms with E-state index in [0.29, 0.717) is 35.3 Å². The van der Waals surface area contributed by atoms with Crippen molar-refractivity contribution in [2.75, 3.05) is 18.5 Å². The zero-order valence-electron chi connectivity index (χ0n) is 12.5. The molecule has 1 aliphatic heterocycles. The number of aromatic nitrogens is 1. The van der Waals surface area contributed by atoms with E-state index in [1.165, 1.54) is 0 Å². The van der Waals surface area contributed by atoms with Crippen molar-refractivity contribution in [1.82, 2.24) is 4.98 Å². The first kappa shape index (κ1) is 15.6. The maximum Gasteiger partial charge on any atom is 0.213 e. The summed E-state index contributed by atoms with van der Waals surface area (Å²) in [6, 6.07) is 11.1. The highest BCUT2D eigenvalue weighted by Crippen LogP contribution is 2.22. The van der Waals surface area contributed by atoms with Gasteiger partial charge in [0.1, 0.15) is 12.2 Å². The van der Waals surface area contributed by atoms with E-state index in [0.717, 1.165) is 18.6 Å². The molecule has 1 aromatic heterocycles. The maximum atomic E-state index is 9.14. The smallest absolute Gasteiger partial charge is 0.213 e. The van der Waals surface area contributed by atoms with E-state index < -0.39 is 0 Å². The van der Waals surface area contributed by atoms with Gasteiger partial charge in [0.25, 0.3) is 0 Å². The van der Waals surface area contributed by atoms with Gasteiger partial charge in [-0.3, -0.25) is 0 Å². The van der Waals surface area contributed by atoms with Crippen molar-refractivity contribution in [2.45, 2.75) is 19.1 Å². The average molecular weight is 330 g/mol. The highest BCUT2D eigenvalue weighted by molar-refractivity contribution is 6.30. The summed E-state index contributed by atoms with van der Waals surface area (Å²) in [6.07, 6.45) is 2.67. The first-order valence-electron chi connectivity index (χ1n) is 7.37. The maximum absolute atomic E-state index is 9.14. The van der Waals surface area contributed by atoms with Gasteiger partial charge in [0.2, 0.25) is 5.88 Å². The number of hydrogen-bond donors (Lipinski definition) is 1. The van der Waals surface area contributed by atoms with Crippen LogP contribution in [-0.2, 0) is 11.3 Å². The average Bonchev–Trinajstić information content (AvgIpc) is 3.06. The second kappa shape index (κ2) is 7.32. The molecular weight excluding hydrogens is 314 g/mol. The zero-order valence-corrected chi connectivity index (χ0v) is 13.2. The van der Waals surface area contributed by atoms with Gasteiger partial charge in [-0.2, -0.15) is 5.26 Å². The molecule has 5 nitrogen and oxygen atoms in total. The molecule has 0 radical (unpaired) electrons. The molecule has 118 valence electrons. The largest absolute Gasteiger partial charge is 0.472 e. The van der Waals surface area contributed by atoms with E-state index in [1.807, 2.05) is 12.1 Å². The Bertz CT molecular complexity index is 724. The summed E-state index contributed by atoms with van der Waals surface area (Å²) in [5.74, 6) is 0.589. The van der Waals surface area contributed by atoms with Crippen LogP contribution in [0.25, 0.3) is 0 Å². The molecule has 0 spiro atoms. The number of nitriles is 1. The minimum atomic E-state index is 0.0730. The Balaban J connectivity index is 1.66. The summed E-state index contributed by atoms with van der Waals surface area (Å²) < 4.78 is 11.1. The van der Waals surface area contributed by atoms with Crippen LogP contribution in [-0.4, -0.2) is 24.3 Å². The summed E-state index contributed by atoms with van der Waals surface area (Å²) in [5, 5.41) is 13.0.